The first kappa shape index (κ1) is 30.1. The summed E-state index contributed by atoms with van der Waals surface area (Å²) in [5, 5.41) is 9.41. The number of hydrazone groups is 1. The second-order valence-electron chi connectivity index (χ2n) is 10.5. The molecule has 4 aromatic rings. The molecule has 0 bridgehead atoms. The highest BCUT2D eigenvalue weighted by atomic mass is 32.2. The summed E-state index contributed by atoms with van der Waals surface area (Å²) >= 11 is 1.52. The SMILES string of the molecule is CC/C(=N\NC(=O)/N=C1\SCC2=CC(C)c3ccc(C)cc3N21)c1ccc(-c2ncn(-c3ccc(OC(F)(F)F)cc3)n2)cc1. The molecule has 0 spiro atoms. The molecular weight excluding hydrogens is 603 g/mol. The number of amides is 2. The van der Waals surface area contributed by atoms with Gasteiger partial charge in [0.25, 0.3) is 0 Å². The van der Waals surface area contributed by atoms with Gasteiger partial charge < -0.3 is 4.74 Å². The maximum absolute atomic E-state index is 12.9. The van der Waals surface area contributed by atoms with Gasteiger partial charge in [-0.15, -0.1) is 18.3 Å². The Kier molecular flexibility index (Phi) is 8.19. The van der Waals surface area contributed by atoms with Crippen molar-refractivity contribution < 1.29 is 22.7 Å². The van der Waals surface area contributed by atoms with Gasteiger partial charge in [-0.1, -0.05) is 68.1 Å². The van der Waals surface area contributed by atoms with Crippen LogP contribution in [0.1, 0.15) is 42.9 Å². The molecule has 2 aliphatic heterocycles. The van der Waals surface area contributed by atoms with Crippen molar-refractivity contribution >= 4 is 34.4 Å². The van der Waals surface area contributed by atoms with Crippen LogP contribution >= 0.6 is 11.8 Å². The summed E-state index contributed by atoms with van der Waals surface area (Å²) in [5.74, 6) is 1.15. The van der Waals surface area contributed by atoms with Crippen LogP contribution in [0.15, 0.2) is 94.9 Å². The van der Waals surface area contributed by atoms with E-state index >= 15 is 0 Å². The van der Waals surface area contributed by atoms with Crippen molar-refractivity contribution in [2.75, 3.05) is 10.7 Å². The molecule has 45 heavy (non-hydrogen) atoms. The van der Waals surface area contributed by atoms with Crippen LogP contribution in [0, 0.1) is 6.92 Å². The highest BCUT2D eigenvalue weighted by Gasteiger charge is 2.33. The van der Waals surface area contributed by atoms with E-state index in [9.17, 15) is 18.0 Å². The lowest BCUT2D eigenvalue weighted by atomic mass is 9.93. The number of amidine groups is 1. The van der Waals surface area contributed by atoms with E-state index in [-0.39, 0.29) is 11.7 Å². The molecule has 0 aliphatic carbocycles. The first-order chi connectivity index (χ1) is 21.6. The Morgan fingerprint density at radius 1 is 1.11 bits per heavy atom. The number of carbonyl (C=O) groups excluding carboxylic acids is 1. The fraction of sp³-hybridized carbons (Fsp3) is 0.219. The number of fused-ring (bicyclic) bond motifs is 3. The number of allylic oxidation sites excluding steroid dienone is 1. The van der Waals surface area contributed by atoms with Gasteiger partial charge in [-0.25, -0.2) is 19.9 Å². The molecule has 3 aromatic carbocycles. The van der Waals surface area contributed by atoms with E-state index in [1.54, 1.807) is 0 Å². The van der Waals surface area contributed by atoms with Gasteiger partial charge in [0, 0.05) is 22.9 Å². The molecule has 1 aromatic heterocycles. The molecular formula is C32H28F3N7O2S. The third kappa shape index (κ3) is 6.63. The van der Waals surface area contributed by atoms with Crippen LogP contribution < -0.4 is 15.1 Å². The maximum Gasteiger partial charge on any atom is 0.573 e. The molecule has 9 nitrogen and oxygen atoms in total. The minimum atomic E-state index is -4.76. The number of thioether (sulfide) groups is 1. The van der Waals surface area contributed by atoms with E-state index in [1.165, 1.54) is 52.6 Å². The number of nitrogens with one attached hydrogen (secondary N) is 1. The Labute approximate surface area is 261 Å². The zero-order valence-electron chi connectivity index (χ0n) is 24.5. The van der Waals surface area contributed by atoms with Gasteiger partial charge in [-0.05, 0) is 60.4 Å². The Morgan fingerprint density at radius 2 is 1.87 bits per heavy atom. The van der Waals surface area contributed by atoms with E-state index in [0.717, 1.165) is 33.8 Å². The number of alkyl halides is 3. The molecule has 2 aliphatic rings. The maximum atomic E-state index is 12.9. The van der Waals surface area contributed by atoms with Crippen LogP contribution in [0.2, 0.25) is 0 Å². The van der Waals surface area contributed by atoms with Gasteiger partial charge in [0.05, 0.1) is 17.1 Å². The molecule has 1 atom stereocenters. The van der Waals surface area contributed by atoms with Crippen LogP contribution in [0.25, 0.3) is 17.1 Å². The minimum Gasteiger partial charge on any atom is -0.406 e. The first-order valence-corrected chi connectivity index (χ1v) is 15.1. The normalized spacial score (nSPS) is 17.2. The number of aromatic nitrogens is 3. The Balaban J connectivity index is 1.13. The van der Waals surface area contributed by atoms with Crippen LogP contribution in [0.3, 0.4) is 0 Å². The lowest BCUT2D eigenvalue weighted by molar-refractivity contribution is -0.274. The van der Waals surface area contributed by atoms with E-state index in [2.05, 4.69) is 73.4 Å². The molecule has 6 rings (SSSR count). The number of hydrogen-bond acceptors (Lipinski definition) is 6. The first-order valence-electron chi connectivity index (χ1n) is 14.2. The number of halogens is 3. The van der Waals surface area contributed by atoms with Crippen LogP contribution in [-0.2, 0) is 0 Å². The Bertz CT molecular complexity index is 1830. The fourth-order valence-corrected chi connectivity index (χ4v) is 6.17. The van der Waals surface area contributed by atoms with Crippen molar-refractivity contribution in [3.8, 4) is 22.8 Å². The summed E-state index contributed by atoms with van der Waals surface area (Å²) in [6.07, 6.45) is -0.498. The number of aryl methyl sites for hydroxylation is 1. The standard InChI is InChI=1S/C32H28F3N7O2S/c1-4-27(38-39-30(43)37-31-42-24(17-45-31)16-20(3)26-14-5-19(2)15-28(26)42)21-6-8-22(9-7-21)29-36-18-41(40-29)23-10-12-25(13-11-23)44-32(33,34)35/h5-16,18,20H,4,17H2,1-3H3,(H,39,43)/b37-31-,38-27+. The summed E-state index contributed by atoms with van der Waals surface area (Å²) < 4.78 is 42.7. The summed E-state index contributed by atoms with van der Waals surface area (Å²) in [4.78, 5) is 23.6. The number of carbonyl (C=O) groups is 1. The molecule has 1 unspecified atom stereocenters. The van der Waals surface area contributed by atoms with Crippen molar-refractivity contribution in [1.82, 2.24) is 20.2 Å². The third-order valence-corrected chi connectivity index (χ3v) is 8.28. The monoisotopic (exact) mass is 631 g/mol. The van der Waals surface area contributed by atoms with Gasteiger partial charge in [0.15, 0.2) is 11.0 Å². The number of aliphatic imine (C=N–C) groups is 1. The second-order valence-corrected chi connectivity index (χ2v) is 11.4. The van der Waals surface area contributed by atoms with E-state index in [0.29, 0.717) is 28.8 Å². The van der Waals surface area contributed by atoms with Gasteiger partial charge in [0.1, 0.15) is 12.1 Å². The molecule has 1 fully saturated rings. The third-order valence-electron chi connectivity index (χ3n) is 7.31. The smallest absolute Gasteiger partial charge is 0.406 e. The average molecular weight is 632 g/mol. The number of benzene rings is 3. The molecule has 3 heterocycles. The lowest BCUT2D eigenvalue weighted by Gasteiger charge is -2.30. The predicted octanol–water partition coefficient (Wildman–Crippen LogP) is 7.58. The van der Waals surface area contributed by atoms with Crippen molar-refractivity contribution in [3.63, 3.8) is 0 Å². The summed E-state index contributed by atoms with van der Waals surface area (Å²) in [5.41, 5.74) is 9.85. The van der Waals surface area contributed by atoms with Crippen LogP contribution in [0.4, 0.5) is 23.7 Å². The van der Waals surface area contributed by atoms with Crippen molar-refractivity contribution in [1.29, 1.82) is 0 Å². The quantitative estimate of drug-likeness (QED) is 0.174. The Morgan fingerprint density at radius 3 is 2.58 bits per heavy atom. The lowest BCUT2D eigenvalue weighted by Crippen LogP contribution is -2.29. The number of nitrogens with zero attached hydrogens (tertiary/aromatic N) is 6. The van der Waals surface area contributed by atoms with Crippen molar-refractivity contribution in [2.45, 2.75) is 39.5 Å². The predicted molar refractivity (Wildman–Crippen MR) is 169 cm³/mol. The van der Waals surface area contributed by atoms with Gasteiger partial charge in [-0.2, -0.15) is 10.1 Å². The molecule has 0 saturated carbocycles. The van der Waals surface area contributed by atoms with Crippen LogP contribution in [-0.4, -0.2) is 43.8 Å². The fourth-order valence-electron chi connectivity index (χ4n) is 5.17. The number of hydrogen-bond donors (Lipinski definition) is 1. The minimum absolute atomic E-state index is 0.290. The van der Waals surface area contributed by atoms with E-state index in [1.807, 2.05) is 31.2 Å². The van der Waals surface area contributed by atoms with E-state index < -0.39 is 12.4 Å². The number of urea groups is 1. The van der Waals surface area contributed by atoms with Gasteiger partial charge in [0.2, 0.25) is 0 Å². The highest BCUT2D eigenvalue weighted by molar-refractivity contribution is 8.14. The highest BCUT2D eigenvalue weighted by Crippen LogP contribution is 2.43. The van der Waals surface area contributed by atoms with Crippen molar-refractivity contribution in [3.05, 3.63) is 102 Å². The zero-order valence-corrected chi connectivity index (χ0v) is 25.4. The molecule has 13 heteroatoms. The molecule has 0 radical (unpaired) electrons. The van der Waals surface area contributed by atoms with Gasteiger partial charge >= 0.3 is 12.4 Å². The van der Waals surface area contributed by atoms with Crippen LogP contribution in [0.5, 0.6) is 5.75 Å². The summed E-state index contributed by atoms with van der Waals surface area (Å²) in [6.45, 7) is 6.16. The number of anilines is 1. The van der Waals surface area contributed by atoms with Gasteiger partial charge in [-0.3, -0.25) is 4.90 Å². The zero-order chi connectivity index (χ0) is 31.7. The molecule has 230 valence electrons. The largest absolute Gasteiger partial charge is 0.573 e. The Hall–Kier alpha value is -4.91. The summed E-state index contributed by atoms with van der Waals surface area (Å²) in [7, 11) is 0. The second kappa shape index (κ2) is 12.2. The van der Waals surface area contributed by atoms with Crippen molar-refractivity contribution in [2.24, 2.45) is 10.1 Å². The summed E-state index contributed by atoms with van der Waals surface area (Å²) in [6, 6.07) is 18.5. The number of ether oxygens (including phenoxy) is 1. The molecule has 2 amide bonds. The molecule has 1 N–H and O–H groups in total. The topological polar surface area (TPSA) is 97.0 Å². The average Bonchev–Trinajstić information content (AvgIpc) is 3.65. The number of rotatable bonds is 6. The van der Waals surface area contributed by atoms with E-state index in [4.69, 9.17) is 0 Å². The molecule has 1 saturated heterocycles.